The minimum atomic E-state index is -0.336. The Bertz CT molecular complexity index is 1380. The lowest BCUT2D eigenvalue weighted by molar-refractivity contribution is 0.0486. The van der Waals surface area contributed by atoms with Crippen molar-refractivity contribution in [2.45, 2.75) is 18.3 Å². The summed E-state index contributed by atoms with van der Waals surface area (Å²) in [5, 5.41) is 7.62. The van der Waals surface area contributed by atoms with Crippen LogP contribution in [-0.2, 0) is 10.2 Å². The van der Waals surface area contributed by atoms with Crippen LogP contribution in [-0.4, -0.2) is 46.8 Å². The molecule has 9 heteroatoms. The van der Waals surface area contributed by atoms with Crippen LogP contribution in [0.1, 0.15) is 28.8 Å². The third-order valence-electron chi connectivity index (χ3n) is 6.93. The number of hydrogen-bond acceptors (Lipinski definition) is 5. The molecule has 1 amide bonds. The third kappa shape index (κ3) is 4.01. The van der Waals surface area contributed by atoms with Crippen molar-refractivity contribution in [3.63, 3.8) is 0 Å². The number of amides is 1. The molecule has 2 aliphatic heterocycles. The van der Waals surface area contributed by atoms with E-state index in [1.807, 2.05) is 47.3 Å². The van der Waals surface area contributed by atoms with Gasteiger partial charge in [-0.15, -0.1) is 0 Å². The fourth-order valence-corrected chi connectivity index (χ4v) is 4.90. The first-order valence-corrected chi connectivity index (χ1v) is 11.9. The van der Waals surface area contributed by atoms with E-state index >= 15 is 0 Å². The van der Waals surface area contributed by atoms with Gasteiger partial charge in [0.15, 0.2) is 17.3 Å². The Labute approximate surface area is 207 Å². The van der Waals surface area contributed by atoms with Crippen molar-refractivity contribution < 1.29 is 23.4 Å². The summed E-state index contributed by atoms with van der Waals surface area (Å²) in [4.78, 5) is 13.5. The molecule has 0 radical (unpaired) electrons. The zero-order valence-electron chi connectivity index (χ0n) is 19.5. The van der Waals surface area contributed by atoms with E-state index in [4.69, 9.17) is 14.2 Å². The van der Waals surface area contributed by atoms with Gasteiger partial charge in [-0.2, -0.15) is 5.10 Å². The van der Waals surface area contributed by atoms with Gasteiger partial charge in [-0.1, -0.05) is 6.07 Å². The minimum absolute atomic E-state index is 0.214. The average molecular weight is 489 g/mol. The smallest absolute Gasteiger partial charge is 0.256 e. The van der Waals surface area contributed by atoms with Gasteiger partial charge in [0.25, 0.3) is 5.91 Å². The number of nitrogens with zero attached hydrogens (tertiary/aromatic N) is 3. The lowest BCUT2D eigenvalue weighted by atomic mass is 9.74. The number of ether oxygens (including phenoxy) is 3. The highest BCUT2D eigenvalue weighted by Gasteiger charge is 2.36. The SMILES string of the molecule is O=C(NCC1(c2ccc3c(c2)OCO3)CCOCC1)c1cnn(-c2ccc(F)cc2)c1-n1cccc1. The monoisotopic (exact) mass is 488 g/mol. The summed E-state index contributed by atoms with van der Waals surface area (Å²) in [6.45, 7) is 1.87. The van der Waals surface area contributed by atoms with E-state index in [0.717, 1.165) is 29.9 Å². The molecule has 36 heavy (non-hydrogen) atoms. The molecule has 8 nitrogen and oxygen atoms in total. The van der Waals surface area contributed by atoms with Gasteiger partial charge >= 0.3 is 0 Å². The molecular formula is C27H25FN4O4. The first-order valence-electron chi connectivity index (χ1n) is 11.9. The lowest BCUT2D eigenvalue weighted by Gasteiger charge is -2.38. The summed E-state index contributed by atoms with van der Waals surface area (Å²) in [5.74, 6) is 1.46. The number of halogens is 1. The molecule has 4 aromatic rings. The first kappa shape index (κ1) is 22.4. The maximum atomic E-state index is 13.5. The maximum absolute atomic E-state index is 13.5. The topological polar surface area (TPSA) is 79.5 Å². The summed E-state index contributed by atoms with van der Waals surface area (Å²) in [6.07, 6.45) is 6.78. The molecule has 6 rings (SSSR count). The standard InChI is InChI=1S/C27H25FN4O4/c28-20-4-6-21(7-5-20)32-26(31-11-1-2-12-31)22(16-30-32)25(33)29-17-27(9-13-34-14-10-27)19-3-8-23-24(15-19)36-18-35-23/h1-8,11-12,15-16H,9-10,13-14,17-18H2,(H,29,33). The molecule has 0 bridgehead atoms. The highest BCUT2D eigenvalue weighted by Crippen LogP contribution is 2.40. The molecule has 0 unspecified atom stereocenters. The van der Waals surface area contributed by atoms with Gasteiger partial charge in [-0.3, -0.25) is 4.79 Å². The predicted molar refractivity (Wildman–Crippen MR) is 129 cm³/mol. The predicted octanol–water partition coefficient (Wildman–Crippen LogP) is 4.01. The molecule has 2 aliphatic rings. The molecule has 1 saturated heterocycles. The number of rotatable bonds is 6. The second-order valence-electron chi connectivity index (χ2n) is 9.00. The van der Waals surface area contributed by atoms with E-state index in [-0.39, 0.29) is 23.9 Å². The minimum Gasteiger partial charge on any atom is -0.454 e. The molecular weight excluding hydrogens is 463 g/mol. The maximum Gasteiger partial charge on any atom is 0.256 e. The Morgan fingerprint density at radius 3 is 2.56 bits per heavy atom. The second kappa shape index (κ2) is 9.16. The molecule has 184 valence electrons. The van der Waals surface area contributed by atoms with Gasteiger partial charge in [-0.05, 0) is 66.9 Å². The van der Waals surface area contributed by atoms with E-state index in [2.05, 4.69) is 10.4 Å². The van der Waals surface area contributed by atoms with Crippen LogP contribution in [0.4, 0.5) is 4.39 Å². The summed E-state index contributed by atoms with van der Waals surface area (Å²) in [7, 11) is 0. The van der Waals surface area contributed by atoms with Crippen molar-refractivity contribution in [1.29, 1.82) is 0 Å². The fraction of sp³-hybridized carbons (Fsp3) is 0.259. The van der Waals surface area contributed by atoms with Gasteiger partial charge in [0, 0.05) is 37.6 Å². The number of carbonyl (C=O) groups is 1. The number of aromatic nitrogens is 3. The summed E-state index contributed by atoms with van der Waals surface area (Å²) in [6, 6.07) is 15.7. The van der Waals surface area contributed by atoms with Crippen LogP contribution >= 0.6 is 0 Å². The number of carbonyl (C=O) groups excluding carboxylic acids is 1. The van der Waals surface area contributed by atoms with Crippen LogP contribution in [0.5, 0.6) is 11.5 Å². The lowest BCUT2D eigenvalue weighted by Crippen LogP contribution is -2.44. The van der Waals surface area contributed by atoms with Crippen molar-refractivity contribution >= 4 is 5.91 Å². The average Bonchev–Trinajstić information content (AvgIpc) is 3.68. The molecule has 0 aliphatic carbocycles. The highest BCUT2D eigenvalue weighted by atomic mass is 19.1. The van der Waals surface area contributed by atoms with E-state index < -0.39 is 0 Å². The largest absolute Gasteiger partial charge is 0.454 e. The van der Waals surface area contributed by atoms with Gasteiger partial charge < -0.3 is 24.1 Å². The molecule has 1 N–H and O–H groups in total. The Balaban J connectivity index is 1.31. The Hall–Kier alpha value is -4.11. The van der Waals surface area contributed by atoms with Crippen LogP contribution in [0.2, 0.25) is 0 Å². The Morgan fingerprint density at radius 2 is 1.78 bits per heavy atom. The number of nitrogens with one attached hydrogen (secondary N) is 1. The number of benzene rings is 2. The normalized spacial score (nSPS) is 16.1. The van der Waals surface area contributed by atoms with Crippen molar-refractivity contribution in [3.8, 4) is 23.0 Å². The van der Waals surface area contributed by atoms with Gasteiger partial charge in [0.1, 0.15) is 11.4 Å². The summed E-state index contributed by atoms with van der Waals surface area (Å²) < 4.78 is 33.7. The Morgan fingerprint density at radius 1 is 1.03 bits per heavy atom. The van der Waals surface area contributed by atoms with Crippen molar-refractivity contribution in [1.82, 2.24) is 19.7 Å². The molecule has 4 heterocycles. The first-order chi connectivity index (χ1) is 17.6. The van der Waals surface area contributed by atoms with Gasteiger partial charge in [0.2, 0.25) is 6.79 Å². The molecule has 0 spiro atoms. The van der Waals surface area contributed by atoms with Gasteiger partial charge in [-0.25, -0.2) is 9.07 Å². The molecule has 2 aromatic carbocycles. The van der Waals surface area contributed by atoms with E-state index in [0.29, 0.717) is 36.8 Å². The van der Waals surface area contributed by atoms with E-state index in [1.165, 1.54) is 12.1 Å². The van der Waals surface area contributed by atoms with E-state index in [9.17, 15) is 9.18 Å². The van der Waals surface area contributed by atoms with Gasteiger partial charge in [0.05, 0.1) is 11.9 Å². The number of fused-ring (bicyclic) bond motifs is 1. The van der Waals surface area contributed by atoms with Crippen LogP contribution < -0.4 is 14.8 Å². The quantitative estimate of drug-likeness (QED) is 0.444. The highest BCUT2D eigenvalue weighted by molar-refractivity contribution is 5.97. The van der Waals surface area contributed by atoms with Crippen molar-refractivity contribution in [2.24, 2.45) is 0 Å². The van der Waals surface area contributed by atoms with Crippen molar-refractivity contribution in [3.05, 3.63) is 90.1 Å². The third-order valence-corrected chi connectivity index (χ3v) is 6.93. The number of hydrogen-bond donors (Lipinski definition) is 1. The second-order valence-corrected chi connectivity index (χ2v) is 9.00. The summed E-state index contributed by atoms with van der Waals surface area (Å²) in [5.41, 5.74) is 1.86. The van der Waals surface area contributed by atoms with Crippen LogP contribution in [0.15, 0.2) is 73.2 Å². The molecule has 2 aromatic heterocycles. The molecule has 0 saturated carbocycles. The Kier molecular flexibility index (Phi) is 5.69. The zero-order chi connectivity index (χ0) is 24.5. The molecule has 0 atom stereocenters. The van der Waals surface area contributed by atoms with Crippen LogP contribution in [0, 0.1) is 5.82 Å². The van der Waals surface area contributed by atoms with Crippen LogP contribution in [0.25, 0.3) is 11.5 Å². The van der Waals surface area contributed by atoms with Crippen LogP contribution in [0.3, 0.4) is 0 Å². The summed E-state index contributed by atoms with van der Waals surface area (Å²) >= 11 is 0. The fourth-order valence-electron chi connectivity index (χ4n) is 4.90. The van der Waals surface area contributed by atoms with Crippen molar-refractivity contribution in [2.75, 3.05) is 26.6 Å². The zero-order valence-corrected chi connectivity index (χ0v) is 19.5. The molecule has 1 fully saturated rings. The van der Waals surface area contributed by atoms with E-state index in [1.54, 1.807) is 23.0 Å².